The molecule has 10 heteroatoms. The topological polar surface area (TPSA) is 110 Å². The van der Waals surface area contributed by atoms with E-state index in [2.05, 4.69) is 0 Å². The predicted molar refractivity (Wildman–Crippen MR) is 125 cm³/mol. The van der Waals surface area contributed by atoms with Gasteiger partial charge in [0, 0.05) is 26.2 Å². The number of sulfonamides is 1. The zero-order valence-corrected chi connectivity index (χ0v) is 19.2. The molecule has 8 nitrogen and oxygen atoms in total. The lowest BCUT2D eigenvalue weighted by molar-refractivity contribution is -0.135. The van der Waals surface area contributed by atoms with Crippen LogP contribution in [0.4, 0.5) is 5.69 Å². The summed E-state index contributed by atoms with van der Waals surface area (Å²) in [6.45, 7) is 0.276. The van der Waals surface area contributed by atoms with E-state index < -0.39 is 28.5 Å². The summed E-state index contributed by atoms with van der Waals surface area (Å²) in [5.74, 6) is -1.09. The molecule has 2 N–H and O–H groups in total. The number of carbonyl (C=O) groups is 2. The fourth-order valence-corrected chi connectivity index (χ4v) is 5.20. The Morgan fingerprint density at radius 3 is 2.33 bits per heavy atom. The maximum absolute atomic E-state index is 13.1. The Labute approximate surface area is 196 Å². The number of hydrogen-bond acceptors (Lipinski definition) is 6. The van der Waals surface area contributed by atoms with Crippen LogP contribution in [-0.2, 0) is 19.6 Å². The smallest absolute Gasteiger partial charge is 0.338 e. The zero-order valence-electron chi connectivity index (χ0n) is 17.6. The number of fused-ring (bicyclic) bond motifs is 1. The Morgan fingerprint density at radius 1 is 0.939 bits per heavy atom. The second-order valence-corrected chi connectivity index (χ2v) is 9.95. The van der Waals surface area contributed by atoms with Crippen LogP contribution < -0.4 is 5.73 Å². The number of benzene rings is 3. The zero-order chi connectivity index (χ0) is 23.6. The van der Waals surface area contributed by atoms with Crippen molar-refractivity contribution in [2.45, 2.75) is 4.90 Å². The molecule has 0 aliphatic carbocycles. The predicted octanol–water partition coefficient (Wildman–Crippen LogP) is 2.77. The molecule has 1 fully saturated rings. The summed E-state index contributed by atoms with van der Waals surface area (Å²) in [6.07, 6.45) is 0. The molecule has 0 bridgehead atoms. The molecule has 1 saturated heterocycles. The van der Waals surface area contributed by atoms with Crippen molar-refractivity contribution in [3.63, 3.8) is 0 Å². The molecule has 0 radical (unpaired) electrons. The third-order valence-electron chi connectivity index (χ3n) is 5.51. The van der Waals surface area contributed by atoms with Crippen molar-refractivity contribution in [2.24, 2.45) is 0 Å². The summed E-state index contributed by atoms with van der Waals surface area (Å²) in [4.78, 5) is 26.3. The lowest BCUT2D eigenvalue weighted by atomic mass is 10.1. The van der Waals surface area contributed by atoms with Gasteiger partial charge in [-0.3, -0.25) is 4.79 Å². The van der Waals surface area contributed by atoms with Crippen LogP contribution in [0.15, 0.2) is 65.6 Å². The third-order valence-corrected chi connectivity index (χ3v) is 7.75. The van der Waals surface area contributed by atoms with Crippen molar-refractivity contribution >= 4 is 50.0 Å². The molecule has 4 rings (SSSR count). The molecule has 0 unspecified atom stereocenters. The first-order valence-electron chi connectivity index (χ1n) is 10.2. The molecule has 1 amide bonds. The normalized spacial score (nSPS) is 14.9. The van der Waals surface area contributed by atoms with Crippen LogP contribution in [0.25, 0.3) is 10.8 Å². The van der Waals surface area contributed by atoms with Gasteiger partial charge in [-0.2, -0.15) is 4.31 Å². The second kappa shape index (κ2) is 9.38. The van der Waals surface area contributed by atoms with Gasteiger partial charge in [0.15, 0.2) is 6.61 Å². The number of amides is 1. The Balaban J connectivity index is 1.34. The van der Waals surface area contributed by atoms with E-state index in [4.69, 9.17) is 22.1 Å². The number of nitrogens with zero attached hydrogens (tertiary/aromatic N) is 2. The van der Waals surface area contributed by atoms with Crippen LogP contribution in [-0.4, -0.2) is 62.3 Å². The van der Waals surface area contributed by atoms with Gasteiger partial charge in [-0.25, -0.2) is 13.2 Å². The standard InChI is InChI=1S/C23H22ClN3O5S/c24-20-8-6-18(14-21(20)25)23(29)32-15-22(28)26-9-11-27(12-10-26)33(30,31)19-7-5-16-3-1-2-4-17(16)13-19/h1-8,13-14H,9-12,15,25H2. The fourth-order valence-electron chi connectivity index (χ4n) is 3.63. The van der Waals surface area contributed by atoms with Gasteiger partial charge in [0.2, 0.25) is 10.0 Å². The number of halogens is 1. The van der Waals surface area contributed by atoms with E-state index in [1.165, 1.54) is 27.4 Å². The van der Waals surface area contributed by atoms with Crippen LogP contribution in [0.1, 0.15) is 10.4 Å². The average Bonchev–Trinajstić information content (AvgIpc) is 2.83. The Kier molecular flexibility index (Phi) is 6.55. The molecule has 33 heavy (non-hydrogen) atoms. The molecular weight excluding hydrogens is 466 g/mol. The molecule has 3 aromatic carbocycles. The summed E-state index contributed by atoms with van der Waals surface area (Å²) in [5.41, 5.74) is 6.11. The van der Waals surface area contributed by atoms with Crippen molar-refractivity contribution < 1.29 is 22.7 Å². The number of rotatable bonds is 5. The summed E-state index contributed by atoms with van der Waals surface area (Å²) >= 11 is 5.84. The van der Waals surface area contributed by atoms with E-state index in [1.54, 1.807) is 18.2 Å². The minimum Gasteiger partial charge on any atom is -0.452 e. The number of nitrogen functional groups attached to an aromatic ring is 1. The molecule has 3 aromatic rings. The van der Waals surface area contributed by atoms with Gasteiger partial charge in [-0.1, -0.05) is 41.9 Å². The van der Waals surface area contributed by atoms with E-state index in [0.29, 0.717) is 5.02 Å². The monoisotopic (exact) mass is 487 g/mol. The fraction of sp³-hybridized carbons (Fsp3) is 0.217. The number of ether oxygens (including phenoxy) is 1. The van der Waals surface area contributed by atoms with Gasteiger partial charge in [0.05, 0.1) is 21.2 Å². The van der Waals surface area contributed by atoms with Crippen molar-refractivity contribution in [1.82, 2.24) is 9.21 Å². The SMILES string of the molecule is Nc1cc(C(=O)OCC(=O)N2CCN(S(=O)(=O)c3ccc4ccccc4c3)CC2)ccc1Cl. The van der Waals surface area contributed by atoms with Crippen molar-refractivity contribution in [3.8, 4) is 0 Å². The highest BCUT2D eigenvalue weighted by Gasteiger charge is 2.30. The molecule has 1 aliphatic heterocycles. The van der Waals surface area contributed by atoms with Gasteiger partial charge >= 0.3 is 5.97 Å². The van der Waals surface area contributed by atoms with Crippen LogP contribution in [0.5, 0.6) is 0 Å². The number of esters is 1. The van der Waals surface area contributed by atoms with Gasteiger partial charge in [-0.05, 0) is 41.1 Å². The number of hydrogen-bond donors (Lipinski definition) is 1. The van der Waals surface area contributed by atoms with Crippen molar-refractivity contribution in [1.29, 1.82) is 0 Å². The van der Waals surface area contributed by atoms with Crippen LogP contribution in [0.3, 0.4) is 0 Å². The summed E-state index contributed by atoms with van der Waals surface area (Å²) in [6, 6.07) is 16.9. The van der Waals surface area contributed by atoms with Crippen molar-refractivity contribution in [3.05, 3.63) is 71.2 Å². The van der Waals surface area contributed by atoms with Gasteiger partial charge in [0.25, 0.3) is 5.91 Å². The molecule has 172 valence electrons. The minimum atomic E-state index is -3.68. The number of piperazine rings is 1. The molecular formula is C23H22ClN3O5S. The highest BCUT2D eigenvalue weighted by molar-refractivity contribution is 7.89. The largest absolute Gasteiger partial charge is 0.452 e. The third kappa shape index (κ3) is 4.95. The summed E-state index contributed by atoms with van der Waals surface area (Å²) < 4.78 is 32.6. The minimum absolute atomic E-state index is 0.155. The molecule has 1 aliphatic rings. The van der Waals surface area contributed by atoms with Crippen LogP contribution in [0.2, 0.25) is 5.02 Å². The first-order valence-corrected chi connectivity index (χ1v) is 12.1. The maximum atomic E-state index is 13.1. The van der Waals surface area contributed by atoms with Crippen LogP contribution in [0, 0.1) is 0 Å². The van der Waals surface area contributed by atoms with E-state index in [-0.39, 0.29) is 42.3 Å². The van der Waals surface area contributed by atoms with Gasteiger partial charge < -0.3 is 15.4 Å². The number of carbonyl (C=O) groups excluding carboxylic acids is 2. The summed E-state index contributed by atoms with van der Waals surface area (Å²) in [5, 5.41) is 2.12. The van der Waals surface area contributed by atoms with E-state index in [0.717, 1.165) is 10.8 Å². The highest BCUT2D eigenvalue weighted by atomic mass is 35.5. The highest BCUT2D eigenvalue weighted by Crippen LogP contribution is 2.23. The maximum Gasteiger partial charge on any atom is 0.338 e. The van der Waals surface area contributed by atoms with E-state index in [9.17, 15) is 18.0 Å². The molecule has 0 spiro atoms. The first kappa shape index (κ1) is 23.0. The Hall–Kier alpha value is -3.14. The Morgan fingerprint density at radius 2 is 1.64 bits per heavy atom. The lowest BCUT2D eigenvalue weighted by Crippen LogP contribution is -2.51. The lowest BCUT2D eigenvalue weighted by Gasteiger charge is -2.33. The van der Waals surface area contributed by atoms with E-state index in [1.807, 2.05) is 24.3 Å². The second-order valence-electron chi connectivity index (χ2n) is 7.61. The quantitative estimate of drug-likeness (QED) is 0.437. The van der Waals surface area contributed by atoms with Crippen LogP contribution >= 0.6 is 11.6 Å². The van der Waals surface area contributed by atoms with Gasteiger partial charge in [0.1, 0.15) is 0 Å². The Bertz CT molecular complexity index is 1320. The number of anilines is 1. The molecule has 0 saturated carbocycles. The van der Waals surface area contributed by atoms with E-state index >= 15 is 0 Å². The molecule has 1 heterocycles. The molecule has 0 aromatic heterocycles. The molecule has 0 atom stereocenters. The first-order chi connectivity index (χ1) is 15.8. The average molecular weight is 488 g/mol. The van der Waals surface area contributed by atoms with Gasteiger partial charge in [-0.15, -0.1) is 0 Å². The number of nitrogens with two attached hydrogens (primary N) is 1. The summed E-state index contributed by atoms with van der Waals surface area (Å²) in [7, 11) is -3.68. The van der Waals surface area contributed by atoms with Crippen molar-refractivity contribution in [2.75, 3.05) is 38.5 Å².